The molecule has 3 heteroatoms. The molecule has 0 aromatic heterocycles. The van der Waals surface area contributed by atoms with Gasteiger partial charge in [0.2, 0.25) is 0 Å². The maximum atomic E-state index is 14.0. The minimum atomic E-state index is -0.598. The minimum absolute atomic E-state index is 0.165. The first-order valence-electron chi connectivity index (χ1n) is 9.47. The Hall–Kier alpha value is -2.11. The summed E-state index contributed by atoms with van der Waals surface area (Å²) in [6.45, 7) is 1.86. The van der Waals surface area contributed by atoms with Crippen LogP contribution >= 0.6 is 11.6 Å². The first kappa shape index (κ1) is 19.6. The summed E-state index contributed by atoms with van der Waals surface area (Å²) in [6.07, 6.45) is 7.28. The largest absolute Gasteiger partial charge is 0.206 e. The minimum Gasteiger partial charge on any atom is -0.206 e. The highest BCUT2D eigenvalue weighted by molar-refractivity contribution is 6.25. The number of halogens is 3. The van der Waals surface area contributed by atoms with Crippen LogP contribution in [-0.4, -0.2) is 0 Å². The Morgan fingerprint density at radius 1 is 1.00 bits per heavy atom. The average molecular weight is 385 g/mol. The van der Waals surface area contributed by atoms with Crippen molar-refractivity contribution in [2.45, 2.75) is 44.9 Å². The van der Waals surface area contributed by atoms with E-state index in [9.17, 15) is 8.78 Å². The van der Waals surface area contributed by atoms with E-state index in [-0.39, 0.29) is 5.56 Å². The number of aryl methyl sites for hydroxylation is 1. The van der Waals surface area contributed by atoms with Gasteiger partial charge in [0.15, 0.2) is 0 Å². The van der Waals surface area contributed by atoms with Gasteiger partial charge in [-0.3, -0.25) is 0 Å². The van der Waals surface area contributed by atoms with Crippen LogP contribution in [0.25, 0.3) is 0 Å². The topological polar surface area (TPSA) is 0 Å². The predicted molar refractivity (Wildman–Crippen MR) is 108 cm³/mol. The van der Waals surface area contributed by atoms with Gasteiger partial charge in [0.1, 0.15) is 11.6 Å². The molecular formula is C24H23ClF2. The zero-order valence-electron chi connectivity index (χ0n) is 15.4. The van der Waals surface area contributed by atoms with Crippen molar-refractivity contribution in [2.75, 3.05) is 0 Å². The SMILES string of the molecule is CCc1cc(F)c(C#Cc2ccc(C3CCC(/C=C/Cl)CC3)cc2)c(F)c1. The van der Waals surface area contributed by atoms with Crippen molar-refractivity contribution in [3.05, 3.63) is 81.9 Å². The third-order valence-corrected chi connectivity index (χ3v) is 5.49. The van der Waals surface area contributed by atoms with Crippen LogP contribution in [0.1, 0.15) is 60.8 Å². The Morgan fingerprint density at radius 2 is 1.63 bits per heavy atom. The van der Waals surface area contributed by atoms with E-state index in [0.717, 1.165) is 31.2 Å². The number of allylic oxidation sites excluding steroid dienone is 1. The lowest BCUT2D eigenvalue weighted by Gasteiger charge is -2.27. The zero-order chi connectivity index (χ0) is 19.2. The van der Waals surface area contributed by atoms with Crippen molar-refractivity contribution in [3.63, 3.8) is 0 Å². The molecule has 0 unspecified atom stereocenters. The molecule has 0 heterocycles. The smallest absolute Gasteiger partial charge is 0.142 e. The van der Waals surface area contributed by atoms with Gasteiger partial charge < -0.3 is 0 Å². The molecule has 1 fully saturated rings. The molecule has 1 aliphatic rings. The van der Waals surface area contributed by atoms with Crippen molar-refractivity contribution in [1.29, 1.82) is 0 Å². The van der Waals surface area contributed by atoms with Crippen LogP contribution in [0.3, 0.4) is 0 Å². The third kappa shape index (κ3) is 4.99. The van der Waals surface area contributed by atoms with Crippen LogP contribution in [0, 0.1) is 29.4 Å². The lowest BCUT2D eigenvalue weighted by atomic mass is 9.79. The lowest BCUT2D eigenvalue weighted by Crippen LogP contribution is -2.11. The third-order valence-electron chi connectivity index (χ3n) is 5.34. The molecule has 3 rings (SSSR count). The van der Waals surface area contributed by atoms with Gasteiger partial charge >= 0.3 is 0 Å². The van der Waals surface area contributed by atoms with E-state index >= 15 is 0 Å². The fraction of sp³-hybridized carbons (Fsp3) is 0.333. The van der Waals surface area contributed by atoms with Crippen molar-refractivity contribution >= 4 is 11.6 Å². The first-order valence-corrected chi connectivity index (χ1v) is 9.91. The Bertz CT molecular complexity index is 840. The Labute approximate surface area is 165 Å². The molecular weight excluding hydrogens is 362 g/mol. The van der Waals surface area contributed by atoms with Crippen LogP contribution in [0.15, 0.2) is 48.0 Å². The van der Waals surface area contributed by atoms with Crippen molar-refractivity contribution < 1.29 is 8.78 Å². The fourth-order valence-corrected chi connectivity index (χ4v) is 3.88. The second kappa shape index (κ2) is 9.20. The Morgan fingerprint density at radius 3 is 2.19 bits per heavy atom. The molecule has 0 atom stereocenters. The maximum Gasteiger partial charge on any atom is 0.142 e. The molecule has 0 N–H and O–H groups in total. The van der Waals surface area contributed by atoms with Crippen molar-refractivity contribution in [1.82, 2.24) is 0 Å². The number of rotatable bonds is 3. The summed E-state index contributed by atoms with van der Waals surface area (Å²) in [5.41, 5.74) is 4.16. The highest BCUT2D eigenvalue weighted by Gasteiger charge is 2.20. The number of hydrogen-bond acceptors (Lipinski definition) is 0. The Balaban J connectivity index is 1.70. The first-order chi connectivity index (χ1) is 13.1. The molecule has 0 aliphatic heterocycles. The van der Waals surface area contributed by atoms with Crippen molar-refractivity contribution in [2.24, 2.45) is 5.92 Å². The Kier molecular flexibility index (Phi) is 6.69. The van der Waals surface area contributed by atoms with Crippen LogP contribution in [-0.2, 0) is 6.42 Å². The predicted octanol–water partition coefficient (Wildman–Crippen LogP) is 6.95. The van der Waals surface area contributed by atoms with E-state index in [2.05, 4.69) is 30.0 Å². The van der Waals surface area contributed by atoms with Gasteiger partial charge in [-0.05, 0) is 79.3 Å². The molecule has 2 aromatic carbocycles. The van der Waals surface area contributed by atoms with Crippen LogP contribution in [0.4, 0.5) is 8.78 Å². The van der Waals surface area contributed by atoms with E-state index in [4.69, 9.17) is 11.6 Å². The molecule has 2 aromatic rings. The van der Waals surface area contributed by atoms with E-state index in [1.165, 1.54) is 17.7 Å². The molecule has 0 radical (unpaired) electrons. The lowest BCUT2D eigenvalue weighted by molar-refractivity contribution is 0.376. The summed E-state index contributed by atoms with van der Waals surface area (Å²) in [4.78, 5) is 0. The molecule has 1 saturated carbocycles. The summed E-state index contributed by atoms with van der Waals surface area (Å²) in [5.74, 6) is 5.48. The summed E-state index contributed by atoms with van der Waals surface area (Å²) in [5, 5.41) is 0. The highest BCUT2D eigenvalue weighted by Crippen LogP contribution is 2.36. The highest BCUT2D eigenvalue weighted by atomic mass is 35.5. The second-order valence-electron chi connectivity index (χ2n) is 7.09. The van der Waals surface area contributed by atoms with E-state index in [1.54, 1.807) is 5.54 Å². The molecule has 0 bridgehead atoms. The van der Waals surface area contributed by atoms with Gasteiger partial charge in [0.05, 0.1) is 5.56 Å². The summed E-state index contributed by atoms with van der Waals surface area (Å²) >= 11 is 5.67. The summed E-state index contributed by atoms with van der Waals surface area (Å²) in [7, 11) is 0. The van der Waals surface area contributed by atoms with Crippen LogP contribution < -0.4 is 0 Å². The van der Waals surface area contributed by atoms with Gasteiger partial charge in [0, 0.05) is 11.1 Å². The van der Waals surface area contributed by atoms with E-state index in [0.29, 0.717) is 23.8 Å². The van der Waals surface area contributed by atoms with Crippen LogP contribution in [0.2, 0.25) is 0 Å². The molecule has 0 nitrogen and oxygen atoms in total. The number of hydrogen-bond donors (Lipinski definition) is 0. The fourth-order valence-electron chi connectivity index (χ4n) is 3.67. The second-order valence-corrected chi connectivity index (χ2v) is 7.34. The zero-order valence-corrected chi connectivity index (χ0v) is 16.2. The molecule has 1 aliphatic carbocycles. The van der Waals surface area contributed by atoms with Gasteiger partial charge in [-0.15, -0.1) is 0 Å². The quantitative estimate of drug-likeness (QED) is 0.502. The molecule has 140 valence electrons. The normalized spacial score (nSPS) is 19.7. The standard InChI is InChI=1S/C24H23ClF2/c1-2-17-15-23(26)22(24(27)16-17)12-7-18-3-8-20(9-4-18)21-10-5-19(6-11-21)13-14-25/h3-4,8-9,13-16,19,21H,2,5-6,10-11H2,1H3/b14-13+. The summed E-state index contributed by atoms with van der Waals surface area (Å²) < 4.78 is 28.1. The van der Waals surface area contributed by atoms with Gasteiger partial charge in [-0.1, -0.05) is 48.6 Å². The summed E-state index contributed by atoms with van der Waals surface area (Å²) in [6, 6.07) is 10.7. The molecule has 0 spiro atoms. The van der Waals surface area contributed by atoms with Gasteiger partial charge in [-0.2, -0.15) is 0 Å². The van der Waals surface area contributed by atoms with Crippen LogP contribution in [0.5, 0.6) is 0 Å². The number of benzene rings is 2. The molecule has 0 saturated heterocycles. The monoisotopic (exact) mass is 384 g/mol. The maximum absolute atomic E-state index is 14.0. The van der Waals surface area contributed by atoms with E-state index < -0.39 is 11.6 Å². The molecule has 27 heavy (non-hydrogen) atoms. The van der Waals surface area contributed by atoms with E-state index in [1.807, 2.05) is 19.1 Å². The average Bonchev–Trinajstić information content (AvgIpc) is 2.68. The van der Waals surface area contributed by atoms with Gasteiger partial charge in [-0.25, -0.2) is 8.78 Å². The van der Waals surface area contributed by atoms with Gasteiger partial charge in [0.25, 0.3) is 0 Å². The van der Waals surface area contributed by atoms with Crippen molar-refractivity contribution in [3.8, 4) is 11.8 Å². The molecule has 0 amide bonds.